The molecule has 3 aromatic rings. The van der Waals surface area contributed by atoms with E-state index in [9.17, 15) is 9.90 Å². The van der Waals surface area contributed by atoms with Crippen LogP contribution in [0.15, 0.2) is 78.9 Å². The van der Waals surface area contributed by atoms with Crippen molar-refractivity contribution < 1.29 is 24.1 Å². The third-order valence-electron chi connectivity index (χ3n) is 9.42. The lowest BCUT2D eigenvalue weighted by atomic mass is 9.72. The summed E-state index contributed by atoms with van der Waals surface area (Å²) in [5.41, 5.74) is 2.87. The van der Waals surface area contributed by atoms with Gasteiger partial charge in [0.15, 0.2) is 11.5 Å². The Morgan fingerprint density at radius 3 is 2.34 bits per heavy atom. The zero-order valence-electron chi connectivity index (χ0n) is 24.6. The molecule has 1 N–H and O–H groups in total. The van der Waals surface area contributed by atoms with E-state index in [0.29, 0.717) is 37.8 Å². The van der Waals surface area contributed by atoms with Crippen LogP contribution < -0.4 is 9.47 Å². The second-order valence-corrected chi connectivity index (χ2v) is 12.0. The van der Waals surface area contributed by atoms with Crippen LogP contribution in [0.25, 0.3) is 0 Å². The van der Waals surface area contributed by atoms with Crippen molar-refractivity contribution in [3.05, 3.63) is 95.6 Å². The standard InChI is InChI=1S/C35H43NO5/c1-26(37)34(2)24-36(33(38)23-40-22-27-12-6-4-7-13-27)21-30(34)28-16-17-31(39-3)32(20-28)41-25-35(18-10-11-19-35)29-14-8-5-9-15-29/h4-9,12-17,20,26,30,37H,10-11,18-19,21-25H2,1-3H3. The van der Waals surface area contributed by atoms with E-state index in [1.54, 1.807) is 7.11 Å². The molecule has 1 amide bonds. The van der Waals surface area contributed by atoms with Gasteiger partial charge in [0.05, 0.1) is 26.4 Å². The highest BCUT2D eigenvalue weighted by Gasteiger charge is 2.48. The summed E-state index contributed by atoms with van der Waals surface area (Å²) in [5.74, 6) is 1.26. The summed E-state index contributed by atoms with van der Waals surface area (Å²) in [4.78, 5) is 15.0. The summed E-state index contributed by atoms with van der Waals surface area (Å²) in [5, 5.41) is 10.9. The average molecular weight is 558 g/mol. The minimum absolute atomic E-state index is 0.00721. The summed E-state index contributed by atoms with van der Waals surface area (Å²) in [6.07, 6.45) is 3.99. The van der Waals surface area contributed by atoms with Crippen molar-refractivity contribution in [2.75, 3.05) is 33.4 Å². The predicted molar refractivity (Wildman–Crippen MR) is 160 cm³/mol. The van der Waals surface area contributed by atoms with E-state index >= 15 is 0 Å². The van der Waals surface area contributed by atoms with Crippen molar-refractivity contribution in [2.45, 2.75) is 63.6 Å². The van der Waals surface area contributed by atoms with Crippen molar-refractivity contribution in [3.63, 3.8) is 0 Å². The van der Waals surface area contributed by atoms with Crippen LogP contribution in [0.4, 0.5) is 0 Å². The molecule has 0 aromatic heterocycles. The highest BCUT2D eigenvalue weighted by atomic mass is 16.5. The number of hydrogen-bond acceptors (Lipinski definition) is 5. The number of carbonyl (C=O) groups is 1. The Labute approximate surface area is 244 Å². The van der Waals surface area contributed by atoms with Crippen LogP contribution in [-0.2, 0) is 21.6 Å². The molecule has 218 valence electrons. The summed E-state index contributed by atoms with van der Waals surface area (Å²) in [6.45, 7) is 5.83. The van der Waals surface area contributed by atoms with Crippen molar-refractivity contribution in [3.8, 4) is 11.5 Å². The van der Waals surface area contributed by atoms with Gasteiger partial charge in [0.2, 0.25) is 5.91 Å². The first kappa shape index (κ1) is 29.2. The molecule has 41 heavy (non-hydrogen) atoms. The highest BCUT2D eigenvalue weighted by molar-refractivity contribution is 5.78. The smallest absolute Gasteiger partial charge is 0.248 e. The van der Waals surface area contributed by atoms with Crippen molar-refractivity contribution in [2.24, 2.45) is 5.41 Å². The highest BCUT2D eigenvalue weighted by Crippen LogP contribution is 2.47. The SMILES string of the molecule is COc1ccc(C2CN(C(=O)COCc3ccccc3)CC2(C)C(C)O)cc1OCC1(c2ccccc2)CCCC1. The molecule has 5 rings (SSSR count). The molecule has 1 aliphatic carbocycles. The lowest BCUT2D eigenvalue weighted by Gasteiger charge is -2.34. The molecule has 0 bridgehead atoms. The van der Waals surface area contributed by atoms with Gasteiger partial charge in [-0.15, -0.1) is 0 Å². The molecule has 1 saturated carbocycles. The van der Waals surface area contributed by atoms with Gasteiger partial charge in [0, 0.05) is 29.8 Å². The van der Waals surface area contributed by atoms with Crippen molar-refractivity contribution in [1.29, 1.82) is 0 Å². The van der Waals surface area contributed by atoms with Crippen molar-refractivity contribution >= 4 is 5.91 Å². The van der Waals surface area contributed by atoms with Crippen LogP contribution in [0.3, 0.4) is 0 Å². The lowest BCUT2D eigenvalue weighted by molar-refractivity contribution is -0.136. The number of rotatable bonds is 11. The van der Waals surface area contributed by atoms with Crippen LogP contribution >= 0.6 is 0 Å². The minimum atomic E-state index is -0.609. The fourth-order valence-corrected chi connectivity index (χ4v) is 6.63. The first-order valence-corrected chi connectivity index (χ1v) is 14.8. The first-order valence-electron chi connectivity index (χ1n) is 14.8. The predicted octanol–water partition coefficient (Wildman–Crippen LogP) is 6.12. The summed E-state index contributed by atoms with van der Waals surface area (Å²) in [6, 6.07) is 26.6. The van der Waals surface area contributed by atoms with Crippen molar-refractivity contribution in [1.82, 2.24) is 4.90 Å². The fraction of sp³-hybridized carbons (Fsp3) is 0.457. The van der Waals surface area contributed by atoms with Crippen LogP contribution in [-0.4, -0.2) is 55.4 Å². The second kappa shape index (κ2) is 12.7. The molecule has 0 spiro atoms. The molecule has 1 aliphatic heterocycles. The van der Waals surface area contributed by atoms with E-state index in [4.69, 9.17) is 14.2 Å². The number of aliphatic hydroxyl groups excluding tert-OH is 1. The maximum absolute atomic E-state index is 13.2. The zero-order chi connectivity index (χ0) is 28.9. The lowest BCUT2D eigenvalue weighted by Crippen LogP contribution is -2.38. The molecule has 1 saturated heterocycles. The molecular formula is C35H43NO5. The monoisotopic (exact) mass is 557 g/mol. The number of aliphatic hydroxyl groups is 1. The molecule has 3 aromatic carbocycles. The van der Waals surface area contributed by atoms with Gasteiger partial charge in [-0.2, -0.15) is 0 Å². The Hall–Kier alpha value is -3.35. The number of likely N-dealkylation sites (tertiary alicyclic amines) is 1. The number of hydrogen-bond donors (Lipinski definition) is 1. The number of benzene rings is 3. The van der Waals surface area contributed by atoms with E-state index in [2.05, 4.69) is 43.3 Å². The van der Waals surface area contributed by atoms with Crippen LogP contribution in [0, 0.1) is 5.41 Å². The molecular weight excluding hydrogens is 514 g/mol. The zero-order valence-corrected chi connectivity index (χ0v) is 24.6. The summed E-state index contributed by atoms with van der Waals surface area (Å²) >= 11 is 0. The van der Waals surface area contributed by atoms with Gasteiger partial charge in [0.1, 0.15) is 6.61 Å². The molecule has 2 aliphatic rings. The van der Waals surface area contributed by atoms with Crippen LogP contribution in [0.2, 0.25) is 0 Å². The number of methoxy groups -OCH3 is 1. The maximum Gasteiger partial charge on any atom is 0.248 e. The average Bonchev–Trinajstić information content (AvgIpc) is 3.63. The fourth-order valence-electron chi connectivity index (χ4n) is 6.63. The third kappa shape index (κ3) is 6.29. The van der Waals surface area contributed by atoms with Gasteiger partial charge in [-0.25, -0.2) is 0 Å². The molecule has 0 radical (unpaired) electrons. The van der Waals surface area contributed by atoms with Gasteiger partial charge in [-0.3, -0.25) is 4.79 Å². The Morgan fingerprint density at radius 1 is 1.00 bits per heavy atom. The third-order valence-corrected chi connectivity index (χ3v) is 9.42. The van der Waals surface area contributed by atoms with E-state index in [0.717, 1.165) is 24.0 Å². The van der Waals surface area contributed by atoms with E-state index in [-0.39, 0.29) is 23.8 Å². The molecule has 1 heterocycles. The molecule has 2 fully saturated rings. The Morgan fingerprint density at radius 2 is 1.68 bits per heavy atom. The summed E-state index contributed by atoms with van der Waals surface area (Å²) < 4.78 is 18.0. The van der Waals surface area contributed by atoms with E-state index in [1.165, 1.54) is 18.4 Å². The molecule has 3 atom stereocenters. The topological polar surface area (TPSA) is 68.2 Å². The van der Waals surface area contributed by atoms with Gasteiger partial charge >= 0.3 is 0 Å². The van der Waals surface area contributed by atoms with Gasteiger partial charge in [-0.05, 0) is 48.6 Å². The molecule has 6 heteroatoms. The number of ether oxygens (including phenoxy) is 3. The van der Waals surface area contributed by atoms with Gasteiger partial charge in [0.25, 0.3) is 0 Å². The normalized spacial score (nSPS) is 22.4. The second-order valence-electron chi connectivity index (χ2n) is 12.0. The maximum atomic E-state index is 13.2. The Balaban J connectivity index is 1.32. The quantitative estimate of drug-likeness (QED) is 0.308. The van der Waals surface area contributed by atoms with Crippen LogP contribution in [0.5, 0.6) is 11.5 Å². The number of amides is 1. The number of carbonyl (C=O) groups excluding carboxylic acids is 1. The Bertz CT molecular complexity index is 1290. The minimum Gasteiger partial charge on any atom is -0.493 e. The number of nitrogens with zero attached hydrogens (tertiary/aromatic N) is 1. The molecule has 3 unspecified atom stereocenters. The first-order chi connectivity index (χ1) is 19.8. The van der Waals surface area contributed by atoms with Gasteiger partial charge < -0.3 is 24.2 Å². The van der Waals surface area contributed by atoms with Gasteiger partial charge in [-0.1, -0.05) is 86.5 Å². The largest absolute Gasteiger partial charge is 0.493 e. The van der Waals surface area contributed by atoms with E-state index < -0.39 is 11.5 Å². The van der Waals surface area contributed by atoms with E-state index in [1.807, 2.05) is 54.3 Å². The van der Waals surface area contributed by atoms with Crippen LogP contribution in [0.1, 0.15) is 62.1 Å². The summed E-state index contributed by atoms with van der Waals surface area (Å²) in [7, 11) is 1.66. The Kier molecular flexibility index (Phi) is 9.00. The molecule has 6 nitrogen and oxygen atoms in total.